The summed E-state index contributed by atoms with van der Waals surface area (Å²) < 4.78 is 13.5. The summed E-state index contributed by atoms with van der Waals surface area (Å²) in [5.41, 5.74) is 18.1. The Morgan fingerprint density at radius 2 is 0.792 bits per heavy atom. The molecule has 3 heteroatoms. The van der Waals surface area contributed by atoms with E-state index in [1.807, 2.05) is 0 Å². The zero-order valence-corrected chi connectivity index (χ0v) is 39.1. The van der Waals surface area contributed by atoms with Crippen LogP contribution in [0.5, 0.6) is 0 Å². The maximum Gasteiger partial charge on any atom is 0.143 e. The van der Waals surface area contributed by atoms with Crippen LogP contribution in [-0.2, 0) is 5.41 Å². The van der Waals surface area contributed by atoms with E-state index in [4.69, 9.17) is 8.83 Å². The van der Waals surface area contributed by atoms with Crippen molar-refractivity contribution < 1.29 is 8.83 Å². The average Bonchev–Trinajstić information content (AvgIpc) is 4.14. The van der Waals surface area contributed by atoms with Crippen molar-refractivity contribution in [3.8, 4) is 33.4 Å². The first kappa shape index (κ1) is 40.4. The number of anilines is 3. The van der Waals surface area contributed by atoms with Crippen LogP contribution in [0.1, 0.15) is 22.3 Å². The lowest BCUT2D eigenvalue weighted by Gasteiger charge is -2.34. The number of benzene rings is 12. The molecule has 2 heterocycles. The average molecular weight is 918 g/mol. The fraction of sp³-hybridized carbons (Fsp3) is 0.0145. The van der Waals surface area contributed by atoms with Gasteiger partial charge in [0.05, 0.1) is 16.8 Å². The molecule has 15 rings (SSSR count). The Balaban J connectivity index is 0.991. The van der Waals surface area contributed by atoms with Gasteiger partial charge < -0.3 is 13.7 Å². The van der Waals surface area contributed by atoms with Gasteiger partial charge in [0.1, 0.15) is 22.3 Å². The summed E-state index contributed by atoms with van der Waals surface area (Å²) >= 11 is 0. The second-order valence-electron chi connectivity index (χ2n) is 19.0. The van der Waals surface area contributed by atoms with E-state index in [-0.39, 0.29) is 0 Å². The van der Waals surface area contributed by atoms with E-state index in [1.165, 1.54) is 38.8 Å². The number of furan rings is 2. The first-order chi connectivity index (χ1) is 35.7. The highest BCUT2D eigenvalue weighted by Crippen LogP contribution is 2.60. The van der Waals surface area contributed by atoms with Gasteiger partial charge >= 0.3 is 0 Å². The number of para-hydroxylation sites is 1. The zero-order chi connectivity index (χ0) is 47.3. The number of hydrogen-bond donors (Lipinski definition) is 0. The Labute approximate surface area is 416 Å². The van der Waals surface area contributed by atoms with Crippen LogP contribution in [0.4, 0.5) is 17.1 Å². The lowest BCUT2D eigenvalue weighted by atomic mass is 9.68. The minimum atomic E-state index is -0.568. The molecule has 2 aromatic heterocycles. The van der Waals surface area contributed by atoms with E-state index in [0.29, 0.717) is 0 Å². The topological polar surface area (TPSA) is 29.5 Å². The molecule has 0 atom stereocenters. The van der Waals surface area contributed by atoms with Crippen molar-refractivity contribution in [2.45, 2.75) is 5.41 Å². The molecule has 0 amide bonds. The van der Waals surface area contributed by atoms with Crippen LogP contribution in [0.25, 0.3) is 98.8 Å². The van der Waals surface area contributed by atoms with E-state index in [0.717, 1.165) is 99.4 Å². The molecule has 1 aliphatic rings. The molecule has 3 nitrogen and oxygen atoms in total. The molecule has 14 aromatic rings. The molecule has 336 valence electrons. The highest BCUT2D eigenvalue weighted by molar-refractivity contribution is 6.21. The predicted octanol–water partition coefficient (Wildman–Crippen LogP) is 19.0. The van der Waals surface area contributed by atoms with Gasteiger partial charge in [0.25, 0.3) is 0 Å². The van der Waals surface area contributed by atoms with Crippen LogP contribution < -0.4 is 4.90 Å². The van der Waals surface area contributed by atoms with Crippen molar-refractivity contribution in [3.05, 3.63) is 283 Å². The maximum atomic E-state index is 6.81. The van der Waals surface area contributed by atoms with E-state index >= 15 is 0 Å². The molecule has 0 spiro atoms. The minimum absolute atomic E-state index is 0.568. The normalized spacial score (nSPS) is 12.8. The van der Waals surface area contributed by atoms with Gasteiger partial charge in [-0.1, -0.05) is 212 Å². The summed E-state index contributed by atoms with van der Waals surface area (Å²) in [6.07, 6.45) is 0. The molecule has 0 N–H and O–H groups in total. The molecule has 1 aliphatic carbocycles. The molecule has 12 aromatic carbocycles. The first-order valence-electron chi connectivity index (χ1n) is 24.7. The largest absolute Gasteiger partial charge is 0.455 e. The van der Waals surface area contributed by atoms with Gasteiger partial charge in [0.2, 0.25) is 0 Å². The molecule has 0 fully saturated rings. The SMILES string of the molecule is c1ccc(C2(c3ccccc3)c3ccccc3-c3c(N(c4ccc(-c5cccc6oc7c8ccccc8ccc7c56)cc4)c4ccccc4-c4cccc5oc6c7ccccc7ccc6c45)cccc32)cc1. The van der Waals surface area contributed by atoms with E-state index in [1.54, 1.807) is 0 Å². The third-order valence-corrected chi connectivity index (χ3v) is 15.3. The Morgan fingerprint density at radius 3 is 1.44 bits per heavy atom. The Hall–Kier alpha value is -9.44. The molecular formula is C69H43NO2. The first-order valence-corrected chi connectivity index (χ1v) is 24.7. The second-order valence-corrected chi connectivity index (χ2v) is 19.0. The quantitative estimate of drug-likeness (QED) is 0.160. The van der Waals surface area contributed by atoms with Crippen molar-refractivity contribution in [1.82, 2.24) is 0 Å². The van der Waals surface area contributed by atoms with Gasteiger partial charge in [-0.3, -0.25) is 0 Å². The molecule has 0 radical (unpaired) electrons. The molecule has 0 unspecified atom stereocenters. The monoisotopic (exact) mass is 917 g/mol. The maximum absolute atomic E-state index is 6.81. The third kappa shape index (κ3) is 5.79. The molecule has 0 bridgehead atoms. The number of rotatable bonds is 7. The third-order valence-electron chi connectivity index (χ3n) is 15.3. The van der Waals surface area contributed by atoms with Crippen LogP contribution in [-0.4, -0.2) is 0 Å². The fourth-order valence-electron chi connectivity index (χ4n) is 12.3. The van der Waals surface area contributed by atoms with Crippen molar-refractivity contribution >= 4 is 82.5 Å². The summed E-state index contributed by atoms with van der Waals surface area (Å²) in [5, 5.41) is 9.00. The highest BCUT2D eigenvalue weighted by atomic mass is 16.3. The summed E-state index contributed by atoms with van der Waals surface area (Å²) in [6, 6.07) is 94.9. The van der Waals surface area contributed by atoms with Gasteiger partial charge in [-0.2, -0.15) is 0 Å². The van der Waals surface area contributed by atoms with Crippen LogP contribution in [0.2, 0.25) is 0 Å². The van der Waals surface area contributed by atoms with Gasteiger partial charge in [-0.25, -0.2) is 0 Å². The molecular weight excluding hydrogens is 875 g/mol. The predicted molar refractivity (Wildman–Crippen MR) is 299 cm³/mol. The molecule has 0 saturated carbocycles. The molecule has 72 heavy (non-hydrogen) atoms. The highest BCUT2D eigenvalue weighted by Gasteiger charge is 2.47. The van der Waals surface area contributed by atoms with Gasteiger partial charge in [0.15, 0.2) is 0 Å². The summed E-state index contributed by atoms with van der Waals surface area (Å²) in [7, 11) is 0. The van der Waals surface area contributed by atoms with E-state index in [9.17, 15) is 0 Å². The summed E-state index contributed by atoms with van der Waals surface area (Å²) in [5.74, 6) is 0. The molecule has 0 saturated heterocycles. The summed E-state index contributed by atoms with van der Waals surface area (Å²) in [4.78, 5) is 2.50. The number of nitrogens with zero attached hydrogens (tertiary/aromatic N) is 1. The summed E-state index contributed by atoms with van der Waals surface area (Å²) in [6.45, 7) is 0. The van der Waals surface area contributed by atoms with E-state index in [2.05, 4.69) is 266 Å². The smallest absolute Gasteiger partial charge is 0.143 e. The van der Waals surface area contributed by atoms with Crippen LogP contribution in [0.3, 0.4) is 0 Å². The van der Waals surface area contributed by atoms with Gasteiger partial charge in [0, 0.05) is 49.1 Å². The Morgan fingerprint density at radius 1 is 0.306 bits per heavy atom. The van der Waals surface area contributed by atoms with Gasteiger partial charge in [-0.15, -0.1) is 0 Å². The van der Waals surface area contributed by atoms with Crippen LogP contribution >= 0.6 is 0 Å². The van der Waals surface area contributed by atoms with Crippen LogP contribution in [0.15, 0.2) is 270 Å². The Kier molecular flexibility index (Phi) is 8.87. The van der Waals surface area contributed by atoms with Crippen LogP contribution in [0, 0.1) is 0 Å². The zero-order valence-electron chi connectivity index (χ0n) is 39.1. The lowest BCUT2D eigenvalue weighted by Crippen LogP contribution is -2.28. The van der Waals surface area contributed by atoms with E-state index < -0.39 is 5.41 Å². The van der Waals surface area contributed by atoms with Crippen molar-refractivity contribution in [3.63, 3.8) is 0 Å². The van der Waals surface area contributed by atoms with Crippen molar-refractivity contribution in [2.75, 3.05) is 4.90 Å². The number of hydrogen-bond acceptors (Lipinski definition) is 3. The lowest BCUT2D eigenvalue weighted by molar-refractivity contribution is 0.672. The standard InChI is InChI=1S/C69H43NO2/c1-3-20-47(21-4-1)69(48-22-5-2-6-23-48)58-30-13-11-27-55(58)66-59(69)31-17-33-61(66)70(49-40-36-46(37-41-49)50-28-15-34-62-64(50)56-42-38-44-18-7-9-24-51(44)67(56)71-62)60-32-14-12-26-53(60)54-29-16-35-63-65(54)57-43-39-45-19-8-10-25-52(45)68(57)72-63/h1-43H. The molecule has 0 aliphatic heterocycles. The second kappa shape index (κ2) is 15.8. The fourth-order valence-corrected chi connectivity index (χ4v) is 12.3. The van der Waals surface area contributed by atoms with Crippen molar-refractivity contribution in [2.24, 2.45) is 0 Å². The Bertz CT molecular complexity index is 4410. The van der Waals surface area contributed by atoms with Gasteiger partial charge in [-0.05, 0) is 104 Å². The minimum Gasteiger partial charge on any atom is -0.455 e. The van der Waals surface area contributed by atoms with Crippen molar-refractivity contribution in [1.29, 1.82) is 0 Å². The number of fused-ring (bicyclic) bond motifs is 13.